The van der Waals surface area contributed by atoms with Gasteiger partial charge in [0.2, 0.25) is 10.0 Å². The molecule has 0 fully saturated rings. The standard InChI is InChI=1S/C9H12N2O2S.Na.H/c1-2-7-11-8-3-5-9(6-4-8)14(10,12)13;;/h2-6,11H,1,7H2,(H2,10,12,13);;/q;+1;-1. The second-order valence-electron chi connectivity index (χ2n) is 2.74. The summed E-state index contributed by atoms with van der Waals surface area (Å²) < 4.78 is 21.8. The molecule has 1 aromatic carbocycles. The van der Waals surface area contributed by atoms with Crippen molar-refractivity contribution in [2.75, 3.05) is 11.9 Å². The Morgan fingerprint density at radius 2 is 1.93 bits per heavy atom. The molecule has 0 radical (unpaired) electrons. The maximum atomic E-state index is 10.9. The van der Waals surface area contributed by atoms with Gasteiger partial charge in [-0.25, -0.2) is 13.6 Å². The van der Waals surface area contributed by atoms with Gasteiger partial charge >= 0.3 is 29.6 Å². The predicted octanol–water partition coefficient (Wildman–Crippen LogP) is -1.95. The van der Waals surface area contributed by atoms with E-state index in [2.05, 4.69) is 11.9 Å². The van der Waals surface area contributed by atoms with E-state index >= 15 is 0 Å². The van der Waals surface area contributed by atoms with Gasteiger partial charge in [-0.1, -0.05) is 6.08 Å². The topological polar surface area (TPSA) is 72.2 Å². The van der Waals surface area contributed by atoms with Crippen LogP contribution in [-0.2, 0) is 10.0 Å². The predicted molar refractivity (Wildman–Crippen MR) is 57.6 cm³/mol. The van der Waals surface area contributed by atoms with Gasteiger partial charge in [0.15, 0.2) is 0 Å². The normalized spacial score (nSPS) is 10.2. The van der Waals surface area contributed by atoms with E-state index < -0.39 is 10.0 Å². The zero-order valence-electron chi connectivity index (χ0n) is 9.60. The monoisotopic (exact) mass is 236 g/mol. The number of benzene rings is 1. The fourth-order valence-corrected chi connectivity index (χ4v) is 1.47. The van der Waals surface area contributed by atoms with E-state index in [9.17, 15) is 8.42 Å². The fraction of sp³-hybridized carbons (Fsp3) is 0.111. The van der Waals surface area contributed by atoms with Crippen molar-refractivity contribution in [1.29, 1.82) is 0 Å². The number of rotatable bonds is 4. The number of sulfonamides is 1. The minimum atomic E-state index is -3.59. The van der Waals surface area contributed by atoms with E-state index in [0.717, 1.165) is 5.69 Å². The van der Waals surface area contributed by atoms with Crippen LogP contribution in [0.25, 0.3) is 0 Å². The minimum absolute atomic E-state index is 0. The van der Waals surface area contributed by atoms with Crippen molar-refractivity contribution in [3.8, 4) is 0 Å². The average Bonchev–Trinajstić information content (AvgIpc) is 2.14. The first kappa shape index (κ1) is 14.7. The largest absolute Gasteiger partial charge is 1.00 e. The molecule has 0 spiro atoms. The third-order valence-electron chi connectivity index (χ3n) is 1.63. The molecule has 4 nitrogen and oxygen atoms in total. The van der Waals surface area contributed by atoms with Crippen LogP contribution in [-0.4, -0.2) is 15.0 Å². The van der Waals surface area contributed by atoms with Gasteiger partial charge in [0, 0.05) is 12.2 Å². The average molecular weight is 236 g/mol. The molecule has 78 valence electrons. The van der Waals surface area contributed by atoms with Gasteiger partial charge in [-0.05, 0) is 24.3 Å². The van der Waals surface area contributed by atoms with Crippen LogP contribution in [0, 0.1) is 0 Å². The molecule has 1 aromatic rings. The number of nitrogens with two attached hydrogens (primary N) is 1. The zero-order chi connectivity index (χ0) is 10.6. The van der Waals surface area contributed by atoms with Crippen molar-refractivity contribution in [2.24, 2.45) is 5.14 Å². The van der Waals surface area contributed by atoms with E-state index in [1.807, 2.05) is 0 Å². The van der Waals surface area contributed by atoms with Crippen molar-refractivity contribution in [3.63, 3.8) is 0 Å². The number of hydrogen-bond donors (Lipinski definition) is 2. The number of primary sulfonamides is 1. The summed E-state index contributed by atoms with van der Waals surface area (Å²) in [6.07, 6.45) is 1.72. The Morgan fingerprint density at radius 3 is 2.33 bits per heavy atom. The second kappa shape index (κ2) is 6.30. The minimum Gasteiger partial charge on any atom is -1.00 e. The smallest absolute Gasteiger partial charge is 1.00 e. The molecule has 0 aliphatic heterocycles. The Kier molecular flexibility index (Phi) is 6.16. The Labute approximate surface area is 113 Å². The number of anilines is 1. The van der Waals surface area contributed by atoms with Gasteiger partial charge in [-0.15, -0.1) is 6.58 Å². The number of hydrogen-bond acceptors (Lipinski definition) is 3. The first-order valence-corrected chi connectivity index (χ1v) is 5.56. The molecule has 0 unspecified atom stereocenters. The molecule has 0 heterocycles. The summed E-state index contributed by atoms with van der Waals surface area (Å²) in [7, 11) is -3.59. The molecular weight excluding hydrogens is 223 g/mol. The molecular formula is C9H13N2NaO2S. The fourth-order valence-electron chi connectivity index (χ4n) is 0.952. The zero-order valence-corrected chi connectivity index (χ0v) is 11.4. The van der Waals surface area contributed by atoms with Crippen LogP contribution in [0.4, 0.5) is 5.69 Å². The van der Waals surface area contributed by atoms with Gasteiger partial charge in [-0.2, -0.15) is 0 Å². The summed E-state index contributed by atoms with van der Waals surface area (Å²) in [4.78, 5) is 0.113. The van der Waals surface area contributed by atoms with Gasteiger partial charge in [0.25, 0.3) is 0 Å². The molecule has 0 saturated carbocycles. The molecule has 0 saturated heterocycles. The molecule has 0 bridgehead atoms. The third kappa shape index (κ3) is 4.81. The van der Waals surface area contributed by atoms with Gasteiger partial charge < -0.3 is 6.74 Å². The van der Waals surface area contributed by atoms with Crippen molar-refractivity contribution < 1.29 is 39.4 Å². The Hall–Kier alpha value is -0.330. The van der Waals surface area contributed by atoms with E-state index in [1.54, 1.807) is 18.2 Å². The maximum absolute atomic E-state index is 10.9. The van der Waals surface area contributed by atoms with Gasteiger partial charge in [0.05, 0.1) is 4.90 Å². The van der Waals surface area contributed by atoms with E-state index in [0.29, 0.717) is 6.54 Å². The summed E-state index contributed by atoms with van der Waals surface area (Å²) in [6, 6.07) is 6.23. The number of nitrogens with one attached hydrogen (secondary N) is 1. The van der Waals surface area contributed by atoms with Crippen molar-refractivity contribution in [3.05, 3.63) is 36.9 Å². The molecule has 0 aliphatic rings. The van der Waals surface area contributed by atoms with Crippen LogP contribution >= 0.6 is 0 Å². The van der Waals surface area contributed by atoms with E-state index in [-0.39, 0.29) is 35.9 Å². The van der Waals surface area contributed by atoms with Crippen LogP contribution in [0.3, 0.4) is 0 Å². The maximum Gasteiger partial charge on any atom is 1.00 e. The molecule has 15 heavy (non-hydrogen) atoms. The molecule has 0 aliphatic carbocycles. The van der Waals surface area contributed by atoms with Crippen LogP contribution < -0.4 is 40.0 Å². The Bertz CT molecular complexity index is 420. The second-order valence-corrected chi connectivity index (χ2v) is 4.30. The first-order valence-electron chi connectivity index (χ1n) is 4.01. The van der Waals surface area contributed by atoms with Crippen LogP contribution in [0.5, 0.6) is 0 Å². The van der Waals surface area contributed by atoms with Gasteiger partial charge in [-0.3, -0.25) is 0 Å². The summed E-state index contributed by atoms with van der Waals surface area (Å²) in [5.74, 6) is 0. The molecule has 0 atom stereocenters. The molecule has 0 amide bonds. The van der Waals surface area contributed by atoms with Crippen molar-refractivity contribution in [2.45, 2.75) is 4.90 Å². The Morgan fingerprint density at radius 1 is 1.40 bits per heavy atom. The van der Waals surface area contributed by atoms with Crippen LogP contribution in [0.15, 0.2) is 41.8 Å². The van der Waals surface area contributed by atoms with E-state index in [4.69, 9.17) is 5.14 Å². The van der Waals surface area contributed by atoms with E-state index in [1.165, 1.54) is 12.1 Å². The van der Waals surface area contributed by atoms with Crippen molar-refractivity contribution in [1.82, 2.24) is 0 Å². The SMILES string of the molecule is C=CCNc1ccc(S(N)(=O)=O)cc1.[H-].[Na+]. The van der Waals surface area contributed by atoms with Gasteiger partial charge in [0.1, 0.15) is 0 Å². The van der Waals surface area contributed by atoms with Crippen molar-refractivity contribution >= 4 is 15.7 Å². The first-order chi connectivity index (χ1) is 6.54. The van der Waals surface area contributed by atoms with Crippen LogP contribution in [0.1, 0.15) is 1.43 Å². The quantitative estimate of drug-likeness (QED) is 0.471. The summed E-state index contributed by atoms with van der Waals surface area (Å²) in [6.45, 7) is 4.19. The molecule has 3 N–H and O–H groups in total. The molecule has 6 heteroatoms. The summed E-state index contributed by atoms with van der Waals surface area (Å²) in [5, 5.41) is 7.96. The third-order valence-corrected chi connectivity index (χ3v) is 2.56. The summed E-state index contributed by atoms with van der Waals surface area (Å²) in [5.41, 5.74) is 0.831. The molecule has 1 rings (SSSR count). The summed E-state index contributed by atoms with van der Waals surface area (Å²) >= 11 is 0. The molecule has 0 aromatic heterocycles. The van der Waals surface area contributed by atoms with Crippen LogP contribution in [0.2, 0.25) is 0 Å². The Balaban J connectivity index is 0.